The van der Waals surface area contributed by atoms with Crippen LogP contribution in [0.25, 0.3) is 11.3 Å². The standard InChI is InChI=1S/C18H20F3N3O/c1-12-10-16(25-15-4-3-9-24(2)11-15)22-23-17(12)13-5-7-14(8-6-13)18(19,20)21/h5-8,10,15H,3-4,9,11H2,1-2H3. The molecular weight excluding hydrogens is 331 g/mol. The first-order valence-corrected chi connectivity index (χ1v) is 8.20. The van der Waals surface area contributed by atoms with Gasteiger partial charge in [0.2, 0.25) is 5.88 Å². The van der Waals surface area contributed by atoms with E-state index in [1.807, 2.05) is 6.92 Å². The first kappa shape index (κ1) is 17.7. The summed E-state index contributed by atoms with van der Waals surface area (Å²) in [6.45, 7) is 3.76. The third kappa shape index (κ3) is 4.28. The molecule has 134 valence electrons. The lowest BCUT2D eigenvalue weighted by atomic mass is 10.1. The topological polar surface area (TPSA) is 38.2 Å². The third-order valence-corrected chi connectivity index (χ3v) is 4.32. The van der Waals surface area contributed by atoms with Crippen LogP contribution >= 0.6 is 0 Å². The molecule has 1 unspecified atom stereocenters. The van der Waals surface area contributed by atoms with E-state index in [1.54, 1.807) is 6.07 Å². The molecule has 2 aromatic rings. The van der Waals surface area contributed by atoms with Crippen LogP contribution in [0.2, 0.25) is 0 Å². The summed E-state index contributed by atoms with van der Waals surface area (Å²) in [6, 6.07) is 6.72. The Morgan fingerprint density at radius 2 is 1.88 bits per heavy atom. The predicted octanol–water partition coefficient (Wildman–Crippen LogP) is 3.94. The summed E-state index contributed by atoms with van der Waals surface area (Å²) in [5.74, 6) is 0.452. The van der Waals surface area contributed by atoms with E-state index in [9.17, 15) is 13.2 Å². The first-order chi connectivity index (χ1) is 11.8. The third-order valence-electron chi connectivity index (χ3n) is 4.32. The van der Waals surface area contributed by atoms with Gasteiger partial charge >= 0.3 is 6.18 Å². The van der Waals surface area contributed by atoms with Gasteiger partial charge in [-0.15, -0.1) is 10.2 Å². The fraction of sp³-hybridized carbons (Fsp3) is 0.444. The lowest BCUT2D eigenvalue weighted by Crippen LogP contribution is -2.38. The van der Waals surface area contributed by atoms with Gasteiger partial charge in [0.25, 0.3) is 0 Å². The second kappa shape index (κ2) is 7.00. The Bertz CT molecular complexity index is 731. The largest absolute Gasteiger partial charge is 0.472 e. The molecule has 1 aliphatic heterocycles. The van der Waals surface area contributed by atoms with Crippen LogP contribution in [0.3, 0.4) is 0 Å². The minimum atomic E-state index is -4.34. The van der Waals surface area contributed by atoms with Crippen molar-refractivity contribution < 1.29 is 17.9 Å². The van der Waals surface area contributed by atoms with Crippen molar-refractivity contribution in [1.82, 2.24) is 15.1 Å². The number of ether oxygens (including phenoxy) is 1. The van der Waals surface area contributed by atoms with Crippen molar-refractivity contribution in [3.63, 3.8) is 0 Å². The molecule has 0 saturated carbocycles. The van der Waals surface area contributed by atoms with Crippen molar-refractivity contribution >= 4 is 0 Å². The summed E-state index contributed by atoms with van der Waals surface area (Å²) in [7, 11) is 2.06. The maximum atomic E-state index is 12.7. The second-order valence-corrected chi connectivity index (χ2v) is 6.43. The summed E-state index contributed by atoms with van der Waals surface area (Å²) in [4.78, 5) is 2.21. The molecule has 2 heterocycles. The number of hydrogen-bond acceptors (Lipinski definition) is 4. The number of piperidine rings is 1. The monoisotopic (exact) mass is 351 g/mol. The van der Waals surface area contributed by atoms with Crippen molar-refractivity contribution in [2.75, 3.05) is 20.1 Å². The van der Waals surface area contributed by atoms with Crippen LogP contribution in [0.4, 0.5) is 13.2 Å². The van der Waals surface area contributed by atoms with Gasteiger partial charge in [0.15, 0.2) is 0 Å². The highest BCUT2D eigenvalue weighted by atomic mass is 19.4. The van der Waals surface area contributed by atoms with E-state index in [1.165, 1.54) is 12.1 Å². The fourth-order valence-corrected chi connectivity index (χ4v) is 3.01. The van der Waals surface area contributed by atoms with Crippen molar-refractivity contribution in [3.8, 4) is 17.1 Å². The Labute approximate surface area is 144 Å². The highest BCUT2D eigenvalue weighted by molar-refractivity contribution is 5.63. The molecule has 1 aromatic carbocycles. The first-order valence-electron chi connectivity index (χ1n) is 8.20. The van der Waals surface area contributed by atoms with Gasteiger partial charge in [0, 0.05) is 18.2 Å². The molecular formula is C18H20F3N3O. The molecule has 0 spiro atoms. The van der Waals surface area contributed by atoms with Crippen molar-refractivity contribution in [3.05, 3.63) is 41.5 Å². The molecule has 3 rings (SSSR count). The van der Waals surface area contributed by atoms with Crippen LogP contribution in [-0.2, 0) is 6.18 Å². The average Bonchev–Trinajstić information content (AvgIpc) is 2.54. The van der Waals surface area contributed by atoms with Gasteiger partial charge in [-0.3, -0.25) is 0 Å². The molecule has 25 heavy (non-hydrogen) atoms. The molecule has 4 nitrogen and oxygen atoms in total. The summed E-state index contributed by atoms with van der Waals surface area (Å²) in [6.07, 6.45) is -2.20. The maximum Gasteiger partial charge on any atom is 0.416 e. The highest BCUT2D eigenvalue weighted by Gasteiger charge is 2.30. The summed E-state index contributed by atoms with van der Waals surface area (Å²) in [5.41, 5.74) is 1.29. The Balaban J connectivity index is 1.75. The molecule has 1 aromatic heterocycles. The number of likely N-dealkylation sites (tertiary alicyclic amines) is 1. The summed E-state index contributed by atoms with van der Waals surface area (Å²) < 4.78 is 43.9. The fourth-order valence-electron chi connectivity index (χ4n) is 3.01. The number of benzene rings is 1. The molecule has 0 N–H and O–H groups in total. The predicted molar refractivity (Wildman–Crippen MR) is 88.4 cm³/mol. The highest BCUT2D eigenvalue weighted by Crippen LogP contribution is 2.31. The van der Waals surface area contributed by atoms with Gasteiger partial charge in [-0.05, 0) is 51.1 Å². The maximum absolute atomic E-state index is 12.7. The van der Waals surface area contributed by atoms with E-state index in [0.717, 1.165) is 43.6 Å². The van der Waals surface area contributed by atoms with E-state index >= 15 is 0 Å². The molecule has 0 radical (unpaired) electrons. The van der Waals surface area contributed by atoms with Crippen LogP contribution in [-0.4, -0.2) is 41.3 Å². The van der Waals surface area contributed by atoms with Crippen LogP contribution in [0.5, 0.6) is 5.88 Å². The zero-order valence-electron chi connectivity index (χ0n) is 14.2. The molecule has 1 saturated heterocycles. The Morgan fingerprint density at radius 1 is 1.16 bits per heavy atom. The van der Waals surface area contributed by atoms with Gasteiger partial charge < -0.3 is 9.64 Å². The minimum Gasteiger partial charge on any atom is -0.472 e. The van der Waals surface area contributed by atoms with Crippen molar-refractivity contribution in [1.29, 1.82) is 0 Å². The number of rotatable bonds is 3. The van der Waals surface area contributed by atoms with Crippen LogP contribution in [0.1, 0.15) is 24.0 Å². The Morgan fingerprint density at radius 3 is 2.48 bits per heavy atom. The summed E-state index contributed by atoms with van der Waals surface area (Å²) >= 11 is 0. The van der Waals surface area contributed by atoms with E-state index < -0.39 is 11.7 Å². The smallest absolute Gasteiger partial charge is 0.416 e. The zero-order chi connectivity index (χ0) is 18.0. The molecule has 1 fully saturated rings. The molecule has 7 heteroatoms. The van der Waals surface area contributed by atoms with E-state index in [0.29, 0.717) is 17.1 Å². The van der Waals surface area contributed by atoms with E-state index in [4.69, 9.17) is 4.74 Å². The Hall–Kier alpha value is -2.15. The number of nitrogens with zero attached hydrogens (tertiary/aromatic N) is 3. The molecule has 0 amide bonds. The van der Waals surface area contributed by atoms with E-state index in [2.05, 4.69) is 22.1 Å². The average molecular weight is 351 g/mol. The van der Waals surface area contributed by atoms with E-state index in [-0.39, 0.29) is 6.10 Å². The normalized spacial score (nSPS) is 19.0. The number of hydrogen-bond donors (Lipinski definition) is 0. The van der Waals surface area contributed by atoms with Gasteiger partial charge in [0.05, 0.1) is 11.3 Å². The zero-order valence-corrected chi connectivity index (χ0v) is 14.2. The van der Waals surface area contributed by atoms with Gasteiger partial charge in [0.1, 0.15) is 6.10 Å². The molecule has 1 aliphatic rings. The molecule has 1 atom stereocenters. The number of likely N-dealkylation sites (N-methyl/N-ethyl adjacent to an activating group) is 1. The Kier molecular flexibility index (Phi) is 4.94. The second-order valence-electron chi connectivity index (χ2n) is 6.43. The van der Waals surface area contributed by atoms with Crippen molar-refractivity contribution in [2.24, 2.45) is 0 Å². The SMILES string of the molecule is Cc1cc(OC2CCCN(C)C2)nnc1-c1ccc(C(F)(F)F)cc1. The van der Waals surface area contributed by atoms with Crippen LogP contribution in [0, 0.1) is 6.92 Å². The number of aryl methyl sites for hydroxylation is 1. The number of aromatic nitrogens is 2. The van der Waals surface area contributed by atoms with Crippen molar-refractivity contribution in [2.45, 2.75) is 32.0 Å². The number of alkyl halides is 3. The summed E-state index contributed by atoms with van der Waals surface area (Å²) in [5, 5.41) is 8.25. The molecule has 0 bridgehead atoms. The van der Waals surface area contributed by atoms with Crippen LogP contribution < -0.4 is 4.74 Å². The van der Waals surface area contributed by atoms with Gasteiger partial charge in [-0.25, -0.2) is 0 Å². The van der Waals surface area contributed by atoms with Gasteiger partial charge in [-0.2, -0.15) is 13.2 Å². The minimum absolute atomic E-state index is 0.0874. The number of halogens is 3. The quantitative estimate of drug-likeness (QED) is 0.839. The lowest BCUT2D eigenvalue weighted by Gasteiger charge is -2.29. The van der Waals surface area contributed by atoms with Crippen LogP contribution in [0.15, 0.2) is 30.3 Å². The molecule has 0 aliphatic carbocycles. The lowest BCUT2D eigenvalue weighted by molar-refractivity contribution is -0.137. The van der Waals surface area contributed by atoms with Gasteiger partial charge in [-0.1, -0.05) is 12.1 Å².